The highest BCUT2D eigenvalue weighted by molar-refractivity contribution is 5.86. The van der Waals surface area contributed by atoms with Crippen molar-refractivity contribution in [1.29, 1.82) is 5.26 Å². The molecule has 0 radical (unpaired) electrons. The minimum Gasteiger partial charge on any atom is -0.506 e. The molecular formula is C10H7N3O3. The smallest absolute Gasteiger partial charge is 0.270 e. The standard InChI is InChI=1S/C10H7N3O3/c1-16-8-2-5-7(4-12-8)13-10(15)6(3-11)9(5)14/h2,4H,1H3,(H2,13,14,15). The molecule has 0 aromatic carbocycles. The molecule has 6 heteroatoms. The second-order valence-corrected chi connectivity index (χ2v) is 3.06. The summed E-state index contributed by atoms with van der Waals surface area (Å²) in [6.07, 6.45) is 1.36. The van der Waals surface area contributed by atoms with E-state index in [1.807, 2.05) is 0 Å². The Hall–Kier alpha value is -2.55. The quantitative estimate of drug-likeness (QED) is 0.724. The fourth-order valence-electron chi connectivity index (χ4n) is 1.37. The maximum atomic E-state index is 11.3. The minimum atomic E-state index is -0.639. The van der Waals surface area contributed by atoms with Crippen LogP contribution in [0.4, 0.5) is 0 Å². The molecule has 0 saturated heterocycles. The first-order valence-electron chi connectivity index (χ1n) is 4.36. The maximum Gasteiger partial charge on any atom is 0.270 e. The Morgan fingerprint density at radius 3 is 3.00 bits per heavy atom. The summed E-state index contributed by atoms with van der Waals surface area (Å²) in [5, 5.41) is 18.8. The first-order valence-corrected chi connectivity index (χ1v) is 4.36. The van der Waals surface area contributed by atoms with E-state index >= 15 is 0 Å². The lowest BCUT2D eigenvalue weighted by molar-refractivity contribution is 0.398. The molecule has 0 aliphatic rings. The van der Waals surface area contributed by atoms with Gasteiger partial charge in [0.1, 0.15) is 11.8 Å². The number of H-pyrrole nitrogens is 1. The van der Waals surface area contributed by atoms with Gasteiger partial charge in [-0.1, -0.05) is 0 Å². The molecule has 0 fully saturated rings. The SMILES string of the molecule is COc1cc2c(O)c(C#N)c(=O)[nH]c2cn1. The number of nitrogens with one attached hydrogen (secondary N) is 1. The summed E-state index contributed by atoms with van der Waals surface area (Å²) in [7, 11) is 1.43. The number of aromatic amines is 1. The summed E-state index contributed by atoms with van der Waals surface area (Å²) in [5.41, 5.74) is -0.609. The Morgan fingerprint density at radius 1 is 1.62 bits per heavy atom. The molecule has 0 aliphatic heterocycles. The molecule has 0 bridgehead atoms. The predicted octanol–water partition coefficient (Wildman–Crippen LogP) is 0.509. The normalized spacial score (nSPS) is 10.0. The van der Waals surface area contributed by atoms with Gasteiger partial charge in [-0.25, -0.2) is 4.98 Å². The number of aromatic nitrogens is 2. The van der Waals surface area contributed by atoms with Crippen LogP contribution in [-0.2, 0) is 0 Å². The van der Waals surface area contributed by atoms with Crippen molar-refractivity contribution in [3.05, 3.63) is 28.2 Å². The van der Waals surface area contributed by atoms with E-state index in [2.05, 4.69) is 9.97 Å². The van der Waals surface area contributed by atoms with E-state index in [9.17, 15) is 9.90 Å². The van der Waals surface area contributed by atoms with Gasteiger partial charge in [-0.3, -0.25) is 4.79 Å². The zero-order valence-electron chi connectivity index (χ0n) is 8.31. The van der Waals surface area contributed by atoms with Crippen molar-refractivity contribution in [1.82, 2.24) is 9.97 Å². The van der Waals surface area contributed by atoms with Crippen LogP contribution in [0.5, 0.6) is 11.6 Å². The molecule has 80 valence electrons. The molecule has 2 aromatic heterocycles. The van der Waals surface area contributed by atoms with Crippen LogP contribution in [0.3, 0.4) is 0 Å². The number of pyridine rings is 2. The highest BCUT2D eigenvalue weighted by Crippen LogP contribution is 2.26. The van der Waals surface area contributed by atoms with E-state index in [1.54, 1.807) is 6.07 Å². The Morgan fingerprint density at radius 2 is 2.38 bits per heavy atom. The van der Waals surface area contributed by atoms with Crippen molar-refractivity contribution in [2.75, 3.05) is 7.11 Å². The average Bonchev–Trinajstić information content (AvgIpc) is 2.29. The molecular weight excluding hydrogens is 210 g/mol. The third kappa shape index (κ3) is 1.35. The monoisotopic (exact) mass is 217 g/mol. The number of aromatic hydroxyl groups is 1. The molecule has 2 N–H and O–H groups in total. The maximum absolute atomic E-state index is 11.3. The third-order valence-electron chi connectivity index (χ3n) is 2.17. The summed E-state index contributed by atoms with van der Waals surface area (Å²) < 4.78 is 4.88. The van der Waals surface area contributed by atoms with Crippen molar-refractivity contribution in [2.24, 2.45) is 0 Å². The van der Waals surface area contributed by atoms with Crippen molar-refractivity contribution in [3.63, 3.8) is 0 Å². The average molecular weight is 217 g/mol. The lowest BCUT2D eigenvalue weighted by atomic mass is 10.2. The molecule has 2 heterocycles. The van der Waals surface area contributed by atoms with Gasteiger partial charge in [0, 0.05) is 11.5 Å². The fraction of sp³-hybridized carbons (Fsp3) is 0.100. The van der Waals surface area contributed by atoms with Crippen LogP contribution in [0.2, 0.25) is 0 Å². The molecule has 16 heavy (non-hydrogen) atoms. The van der Waals surface area contributed by atoms with Crippen molar-refractivity contribution < 1.29 is 9.84 Å². The van der Waals surface area contributed by atoms with Gasteiger partial charge in [-0.15, -0.1) is 0 Å². The molecule has 0 amide bonds. The molecule has 2 rings (SSSR count). The molecule has 0 atom stereocenters. The van der Waals surface area contributed by atoms with Crippen molar-refractivity contribution >= 4 is 10.9 Å². The van der Waals surface area contributed by atoms with Gasteiger partial charge in [-0.05, 0) is 0 Å². The summed E-state index contributed by atoms with van der Waals surface area (Å²) in [4.78, 5) is 17.7. The van der Waals surface area contributed by atoms with Gasteiger partial charge in [0.15, 0.2) is 5.56 Å². The van der Waals surface area contributed by atoms with Crippen LogP contribution in [-0.4, -0.2) is 22.2 Å². The summed E-state index contributed by atoms with van der Waals surface area (Å²) in [6, 6.07) is 3.08. The van der Waals surface area contributed by atoms with Crippen LogP contribution in [0.25, 0.3) is 10.9 Å². The summed E-state index contributed by atoms with van der Waals surface area (Å²) >= 11 is 0. The minimum absolute atomic E-state index is 0.290. The highest BCUT2D eigenvalue weighted by atomic mass is 16.5. The second kappa shape index (κ2) is 3.55. The van der Waals surface area contributed by atoms with Crippen LogP contribution < -0.4 is 10.3 Å². The number of hydrogen-bond acceptors (Lipinski definition) is 5. The van der Waals surface area contributed by atoms with E-state index in [1.165, 1.54) is 19.4 Å². The number of fused-ring (bicyclic) bond motifs is 1. The molecule has 0 unspecified atom stereocenters. The Labute approximate surface area is 89.7 Å². The van der Waals surface area contributed by atoms with E-state index in [0.717, 1.165) is 0 Å². The third-order valence-corrected chi connectivity index (χ3v) is 2.17. The van der Waals surface area contributed by atoms with Crippen LogP contribution >= 0.6 is 0 Å². The van der Waals surface area contributed by atoms with E-state index in [0.29, 0.717) is 16.8 Å². The highest BCUT2D eigenvalue weighted by Gasteiger charge is 2.12. The Kier molecular flexibility index (Phi) is 2.21. The number of nitrogens with zero attached hydrogens (tertiary/aromatic N) is 2. The van der Waals surface area contributed by atoms with Crippen LogP contribution in [0.15, 0.2) is 17.1 Å². The number of nitriles is 1. The lowest BCUT2D eigenvalue weighted by Gasteiger charge is -2.03. The van der Waals surface area contributed by atoms with E-state index < -0.39 is 5.56 Å². The zero-order chi connectivity index (χ0) is 11.7. The van der Waals surface area contributed by atoms with Crippen LogP contribution in [0.1, 0.15) is 5.56 Å². The van der Waals surface area contributed by atoms with Gasteiger partial charge in [0.05, 0.1) is 18.8 Å². The van der Waals surface area contributed by atoms with E-state index in [-0.39, 0.29) is 11.3 Å². The number of ether oxygens (including phenoxy) is 1. The number of methoxy groups -OCH3 is 1. The summed E-state index contributed by atoms with van der Waals surface area (Å²) in [5.74, 6) is -0.0688. The van der Waals surface area contributed by atoms with Gasteiger partial charge >= 0.3 is 0 Å². The molecule has 2 aromatic rings. The zero-order valence-corrected chi connectivity index (χ0v) is 8.31. The lowest BCUT2D eigenvalue weighted by Crippen LogP contribution is -2.10. The predicted molar refractivity (Wildman–Crippen MR) is 55.3 cm³/mol. The largest absolute Gasteiger partial charge is 0.506 e. The van der Waals surface area contributed by atoms with Crippen molar-refractivity contribution in [3.8, 4) is 17.7 Å². The van der Waals surface area contributed by atoms with Crippen LogP contribution in [0, 0.1) is 11.3 Å². The Balaban J connectivity index is 2.90. The topological polar surface area (TPSA) is 99.0 Å². The first-order chi connectivity index (χ1) is 7.67. The molecule has 6 nitrogen and oxygen atoms in total. The first kappa shape index (κ1) is 9.98. The molecule has 0 saturated carbocycles. The Bertz CT molecular complexity index is 655. The number of rotatable bonds is 1. The van der Waals surface area contributed by atoms with E-state index in [4.69, 9.17) is 10.00 Å². The fourth-order valence-corrected chi connectivity index (χ4v) is 1.37. The molecule has 0 aliphatic carbocycles. The van der Waals surface area contributed by atoms with Gasteiger partial charge in [0.2, 0.25) is 5.88 Å². The second-order valence-electron chi connectivity index (χ2n) is 3.06. The molecule has 0 spiro atoms. The van der Waals surface area contributed by atoms with Gasteiger partial charge < -0.3 is 14.8 Å². The van der Waals surface area contributed by atoms with Gasteiger partial charge in [0.25, 0.3) is 5.56 Å². The van der Waals surface area contributed by atoms with Crippen molar-refractivity contribution in [2.45, 2.75) is 0 Å². The van der Waals surface area contributed by atoms with Gasteiger partial charge in [-0.2, -0.15) is 5.26 Å². The number of hydrogen-bond donors (Lipinski definition) is 2. The summed E-state index contributed by atoms with van der Waals surface area (Å²) in [6.45, 7) is 0.